The van der Waals surface area contributed by atoms with Gasteiger partial charge in [-0.25, -0.2) is 15.0 Å². The first kappa shape index (κ1) is 45.6. The van der Waals surface area contributed by atoms with Crippen LogP contribution in [-0.4, -0.2) is 35.3 Å². The third kappa shape index (κ3) is 19.2. The van der Waals surface area contributed by atoms with Gasteiger partial charge in [-0.05, 0) is 63.5 Å². The summed E-state index contributed by atoms with van der Waals surface area (Å²) in [6, 6.07) is 6.01. The molecule has 3 aromatic rings. The van der Waals surface area contributed by atoms with Crippen molar-refractivity contribution in [1.29, 1.82) is 0 Å². The maximum absolute atomic E-state index is 5.15. The second kappa shape index (κ2) is 30.4. The van der Waals surface area contributed by atoms with Gasteiger partial charge in [0.1, 0.15) is 11.4 Å². The molecule has 7 heteroatoms. The molecule has 0 N–H and O–H groups in total. The Morgan fingerprint density at radius 3 is 0.889 bits per heavy atom. The van der Waals surface area contributed by atoms with Crippen LogP contribution in [0.15, 0.2) is 18.2 Å². The lowest BCUT2D eigenvalue weighted by atomic mass is 10.0. The predicted molar refractivity (Wildman–Crippen MR) is 229 cm³/mol. The van der Waals surface area contributed by atoms with Crippen molar-refractivity contribution in [2.45, 2.75) is 233 Å². The summed E-state index contributed by atoms with van der Waals surface area (Å²) in [6.07, 6.45) is 39.9. The van der Waals surface area contributed by atoms with Crippen LogP contribution in [0, 0.1) is 0 Å². The van der Waals surface area contributed by atoms with E-state index in [1.54, 1.807) is 0 Å². The fraction of sp³-hybridized carbons (Fsp3) is 0.766. The molecule has 0 atom stereocenters. The first-order valence-corrected chi connectivity index (χ1v) is 23.1. The van der Waals surface area contributed by atoms with Gasteiger partial charge in [0, 0.05) is 0 Å². The van der Waals surface area contributed by atoms with Crippen molar-refractivity contribution in [3.63, 3.8) is 0 Å². The fourth-order valence-corrected chi connectivity index (χ4v) is 7.45. The minimum atomic E-state index is 0.602. The first-order valence-electron chi connectivity index (χ1n) is 23.1. The van der Waals surface area contributed by atoms with E-state index in [0.717, 1.165) is 85.5 Å². The number of unbranched alkanes of at least 4 members (excludes halogenated alkanes) is 24. The van der Waals surface area contributed by atoms with E-state index >= 15 is 0 Å². The maximum atomic E-state index is 5.15. The van der Waals surface area contributed by atoms with Crippen LogP contribution in [0.2, 0.25) is 0 Å². The molecule has 0 fully saturated rings. The second-order valence-corrected chi connectivity index (χ2v) is 16.0. The molecule has 54 heavy (non-hydrogen) atoms. The molecular weight excluding hydrogens is 663 g/mol. The summed E-state index contributed by atoms with van der Waals surface area (Å²) in [5, 5.41) is 18.9. The standard InChI is InChI=1S/C47H79N7/c1-5-9-13-17-21-25-29-34-40-42(36-31-27-23-19-15-11-7-3)51-53-46(49-40)44-38-33-39-45(48-44)47-50-41(35-30-26-22-18-14-10-6-2)43(52-54-47)37-32-28-24-20-16-12-8-4/h33,38-39H,5-32,34-37H2,1-4H3. The molecule has 3 aromatic heterocycles. The van der Waals surface area contributed by atoms with Gasteiger partial charge in [0.2, 0.25) is 11.6 Å². The van der Waals surface area contributed by atoms with E-state index in [1.807, 2.05) is 18.2 Å². The quantitative estimate of drug-likeness (QED) is 0.0563. The van der Waals surface area contributed by atoms with E-state index in [0.29, 0.717) is 11.6 Å². The molecule has 0 aliphatic carbocycles. The first-order chi connectivity index (χ1) is 26.7. The van der Waals surface area contributed by atoms with E-state index in [1.165, 1.54) is 154 Å². The zero-order chi connectivity index (χ0) is 38.3. The highest BCUT2D eigenvalue weighted by Gasteiger charge is 2.16. The number of aryl methyl sites for hydroxylation is 4. The van der Waals surface area contributed by atoms with Crippen LogP contribution < -0.4 is 0 Å². The second-order valence-electron chi connectivity index (χ2n) is 16.0. The molecule has 0 amide bonds. The molecule has 0 radical (unpaired) electrons. The third-order valence-electron chi connectivity index (χ3n) is 11.0. The molecule has 0 aliphatic rings. The molecule has 7 nitrogen and oxygen atoms in total. The van der Waals surface area contributed by atoms with Crippen LogP contribution in [0.4, 0.5) is 0 Å². The van der Waals surface area contributed by atoms with Crippen molar-refractivity contribution >= 4 is 0 Å². The average molecular weight is 742 g/mol. The summed E-state index contributed by atoms with van der Waals surface area (Å²) in [5.74, 6) is 1.20. The minimum Gasteiger partial charge on any atom is -0.241 e. The van der Waals surface area contributed by atoms with Gasteiger partial charge >= 0.3 is 0 Å². The highest BCUT2D eigenvalue weighted by Crippen LogP contribution is 2.22. The molecule has 0 spiro atoms. The van der Waals surface area contributed by atoms with E-state index in [4.69, 9.17) is 25.1 Å². The van der Waals surface area contributed by atoms with Crippen LogP contribution in [-0.2, 0) is 25.7 Å². The lowest BCUT2D eigenvalue weighted by Crippen LogP contribution is -2.09. The molecule has 0 saturated heterocycles. The lowest BCUT2D eigenvalue weighted by Gasteiger charge is -2.11. The summed E-state index contributed by atoms with van der Waals surface area (Å²) in [5.41, 5.74) is 5.83. The van der Waals surface area contributed by atoms with Gasteiger partial charge < -0.3 is 0 Å². The van der Waals surface area contributed by atoms with E-state index in [9.17, 15) is 0 Å². The van der Waals surface area contributed by atoms with Crippen molar-refractivity contribution in [2.75, 3.05) is 0 Å². The highest BCUT2D eigenvalue weighted by molar-refractivity contribution is 5.57. The summed E-state index contributed by atoms with van der Waals surface area (Å²) < 4.78 is 0. The minimum absolute atomic E-state index is 0.602. The van der Waals surface area contributed by atoms with Crippen LogP contribution in [0.25, 0.3) is 23.0 Å². The van der Waals surface area contributed by atoms with Crippen LogP contribution >= 0.6 is 0 Å². The number of rotatable bonds is 34. The Hall–Kier alpha value is -2.83. The summed E-state index contributed by atoms with van der Waals surface area (Å²) >= 11 is 0. The largest absolute Gasteiger partial charge is 0.241 e. The summed E-state index contributed by atoms with van der Waals surface area (Å²) in [6.45, 7) is 9.13. The Bertz CT molecular complexity index is 1260. The Morgan fingerprint density at radius 2 is 0.574 bits per heavy atom. The number of nitrogens with zero attached hydrogens (tertiary/aromatic N) is 7. The number of aromatic nitrogens is 7. The van der Waals surface area contributed by atoms with Gasteiger partial charge in [0.25, 0.3) is 0 Å². The molecule has 3 heterocycles. The van der Waals surface area contributed by atoms with Crippen molar-refractivity contribution in [3.8, 4) is 23.0 Å². The lowest BCUT2D eigenvalue weighted by molar-refractivity contribution is 0.575. The van der Waals surface area contributed by atoms with Gasteiger partial charge in [-0.15, -0.1) is 10.2 Å². The Balaban J connectivity index is 1.73. The van der Waals surface area contributed by atoms with E-state index < -0.39 is 0 Å². The summed E-state index contributed by atoms with van der Waals surface area (Å²) in [4.78, 5) is 15.3. The number of hydrogen-bond acceptors (Lipinski definition) is 7. The Kier molecular flexibility index (Phi) is 25.6. The smallest absolute Gasteiger partial charge is 0.200 e. The van der Waals surface area contributed by atoms with Gasteiger partial charge in [-0.2, -0.15) is 10.2 Å². The predicted octanol–water partition coefficient (Wildman–Crippen LogP) is 14.0. The molecule has 0 aliphatic heterocycles. The van der Waals surface area contributed by atoms with Crippen molar-refractivity contribution in [3.05, 3.63) is 41.0 Å². The SMILES string of the molecule is CCCCCCCCCc1nnc(-c2cccc(-c3nnc(CCCCCCCCC)c(CCCCCCCCC)n3)n2)nc1CCCCCCCCC. The van der Waals surface area contributed by atoms with Crippen molar-refractivity contribution in [1.82, 2.24) is 35.3 Å². The number of hydrogen-bond donors (Lipinski definition) is 0. The van der Waals surface area contributed by atoms with Gasteiger partial charge in [0.15, 0.2) is 0 Å². The zero-order valence-electron chi connectivity index (χ0n) is 35.5. The monoisotopic (exact) mass is 742 g/mol. The highest BCUT2D eigenvalue weighted by atomic mass is 15.2. The van der Waals surface area contributed by atoms with Crippen LogP contribution in [0.1, 0.15) is 230 Å². The fourth-order valence-electron chi connectivity index (χ4n) is 7.45. The Labute approximate surface area is 331 Å². The van der Waals surface area contributed by atoms with Crippen LogP contribution in [0.3, 0.4) is 0 Å². The van der Waals surface area contributed by atoms with Crippen molar-refractivity contribution in [2.24, 2.45) is 0 Å². The van der Waals surface area contributed by atoms with E-state index in [-0.39, 0.29) is 0 Å². The maximum Gasteiger partial charge on any atom is 0.200 e. The number of pyridine rings is 1. The normalized spacial score (nSPS) is 11.5. The van der Waals surface area contributed by atoms with E-state index in [2.05, 4.69) is 37.9 Å². The van der Waals surface area contributed by atoms with Gasteiger partial charge in [-0.1, -0.05) is 188 Å². The molecule has 302 valence electrons. The molecular formula is C47H79N7. The summed E-state index contributed by atoms with van der Waals surface area (Å²) in [7, 11) is 0. The van der Waals surface area contributed by atoms with Gasteiger partial charge in [-0.3, -0.25) is 0 Å². The zero-order valence-corrected chi connectivity index (χ0v) is 35.5. The molecule has 0 aromatic carbocycles. The van der Waals surface area contributed by atoms with Crippen molar-refractivity contribution < 1.29 is 0 Å². The third-order valence-corrected chi connectivity index (χ3v) is 11.0. The topological polar surface area (TPSA) is 90.2 Å². The molecule has 0 bridgehead atoms. The molecule has 3 rings (SSSR count). The van der Waals surface area contributed by atoms with Gasteiger partial charge in [0.05, 0.1) is 22.8 Å². The molecule has 0 saturated carbocycles. The Morgan fingerprint density at radius 1 is 0.296 bits per heavy atom. The average Bonchev–Trinajstić information content (AvgIpc) is 3.20. The molecule has 0 unspecified atom stereocenters. The van der Waals surface area contributed by atoms with Crippen LogP contribution in [0.5, 0.6) is 0 Å².